The van der Waals surface area contributed by atoms with Crippen LogP contribution in [0.5, 0.6) is 0 Å². The van der Waals surface area contributed by atoms with Crippen LogP contribution in [0, 0.1) is 0 Å². The number of nitrogens with zero attached hydrogens (tertiary/aromatic N) is 4. The zero-order valence-electron chi connectivity index (χ0n) is 12.5. The van der Waals surface area contributed by atoms with Crippen LogP contribution in [0.1, 0.15) is 39.0 Å². The lowest BCUT2D eigenvalue weighted by molar-refractivity contribution is 0.176. The molecule has 1 fully saturated rings. The van der Waals surface area contributed by atoms with Crippen molar-refractivity contribution in [3.8, 4) is 0 Å². The fraction of sp³-hybridized carbons (Fsp3) is 0.769. The van der Waals surface area contributed by atoms with Gasteiger partial charge in [-0.1, -0.05) is 13.3 Å². The quantitative estimate of drug-likeness (QED) is 0.430. The second-order valence-electron chi connectivity index (χ2n) is 5.30. The molecule has 1 aliphatic rings. The maximum atomic E-state index is 9.77. The summed E-state index contributed by atoms with van der Waals surface area (Å²) in [5.74, 6) is 6.82. The molecular weight excluding hydrogens is 270 g/mol. The number of nitrogens with one attached hydrogen (secondary N) is 2. The predicted molar refractivity (Wildman–Crippen MR) is 83.1 cm³/mol. The number of rotatable bonds is 7. The van der Waals surface area contributed by atoms with Gasteiger partial charge in [-0.25, -0.2) is 5.84 Å². The van der Waals surface area contributed by atoms with Crippen LogP contribution in [0.2, 0.25) is 0 Å². The lowest BCUT2D eigenvalue weighted by Crippen LogP contribution is -2.32. The third-order valence-electron chi connectivity index (χ3n) is 3.51. The number of aliphatic hydroxyl groups excluding tert-OH is 1. The number of piperidine rings is 1. The third kappa shape index (κ3) is 4.68. The van der Waals surface area contributed by atoms with Crippen molar-refractivity contribution in [2.75, 3.05) is 35.3 Å². The van der Waals surface area contributed by atoms with E-state index >= 15 is 0 Å². The minimum Gasteiger partial charge on any atom is -0.391 e. The smallest absolute Gasteiger partial charge is 0.243 e. The lowest BCUT2D eigenvalue weighted by atomic mass is 10.1. The first kappa shape index (κ1) is 15.7. The molecule has 0 aliphatic carbocycles. The predicted octanol–water partition coefficient (Wildman–Crippen LogP) is 0.720. The van der Waals surface area contributed by atoms with Crippen LogP contribution in [0.3, 0.4) is 0 Å². The molecule has 8 heteroatoms. The highest BCUT2D eigenvalue weighted by Crippen LogP contribution is 2.18. The third-order valence-corrected chi connectivity index (χ3v) is 3.51. The number of hydrogen-bond donors (Lipinski definition) is 4. The fourth-order valence-electron chi connectivity index (χ4n) is 2.39. The Morgan fingerprint density at radius 1 is 1.19 bits per heavy atom. The van der Waals surface area contributed by atoms with Crippen LogP contribution in [0.15, 0.2) is 0 Å². The molecule has 1 aliphatic heterocycles. The molecule has 0 saturated carbocycles. The SMILES string of the molecule is CCCC(O)CNc1nc(NN)nc(N2CCCCC2)n1. The fourth-order valence-corrected chi connectivity index (χ4v) is 2.39. The Hall–Kier alpha value is -1.67. The van der Waals surface area contributed by atoms with E-state index < -0.39 is 6.10 Å². The van der Waals surface area contributed by atoms with Gasteiger partial charge in [-0.3, -0.25) is 5.43 Å². The minimum absolute atomic E-state index is 0.332. The van der Waals surface area contributed by atoms with Crippen molar-refractivity contribution in [1.82, 2.24) is 15.0 Å². The Balaban J connectivity index is 2.05. The number of hydrogen-bond acceptors (Lipinski definition) is 8. The van der Waals surface area contributed by atoms with Gasteiger partial charge in [0.05, 0.1) is 6.10 Å². The molecule has 1 saturated heterocycles. The Kier molecular flexibility index (Phi) is 5.94. The number of aromatic nitrogens is 3. The highest BCUT2D eigenvalue weighted by molar-refractivity contribution is 5.43. The van der Waals surface area contributed by atoms with Gasteiger partial charge in [-0.2, -0.15) is 15.0 Å². The van der Waals surface area contributed by atoms with Gasteiger partial charge in [0, 0.05) is 19.6 Å². The lowest BCUT2D eigenvalue weighted by Gasteiger charge is -2.27. The molecule has 0 radical (unpaired) electrons. The Bertz CT molecular complexity index is 437. The molecule has 8 nitrogen and oxygen atoms in total. The summed E-state index contributed by atoms with van der Waals surface area (Å²) in [5, 5.41) is 12.8. The first-order chi connectivity index (χ1) is 10.2. The largest absolute Gasteiger partial charge is 0.391 e. The van der Waals surface area contributed by atoms with E-state index in [0.29, 0.717) is 24.4 Å². The number of aliphatic hydroxyl groups is 1. The highest BCUT2D eigenvalue weighted by atomic mass is 16.3. The Labute approximate surface area is 125 Å². The van der Waals surface area contributed by atoms with E-state index in [9.17, 15) is 5.11 Å². The van der Waals surface area contributed by atoms with Crippen molar-refractivity contribution in [1.29, 1.82) is 0 Å². The zero-order valence-corrected chi connectivity index (χ0v) is 12.5. The molecule has 0 amide bonds. The monoisotopic (exact) mass is 295 g/mol. The van der Waals surface area contributed by atoms with E-state index in [1.165, 1.54) is 6.42 Å². The van der Waals surface area contributed by atoms with Gasteiger partial charge in [-0.05, 0) is 25.7 Å². The van der Waals surface area contributed by atoms with E-state index in [0.717, 1.165) is 38.8 Å². The standard InChI is InChI=1S/C13H25N7O/c1-2-6-10(21)9-15-11-16-12(19-14)18-13(17-11)20-7-4-3-5-8-20/h10,21H,2-9,14H2,1H3,(H2,15,16,17,18,19). The maximum Gasteiger partial charge on any atom is 0.243 e. The first-order valence-electron chi connectivity index (χ1n) is 7.62. The number of anilines is 3. The molecule has 2 rings (SSSR count). The average molecular weight is 295 g/mol. The number of hydrazine groups is 1. The van der Waals surface area contributed by atoms with Crippen molar-refractivity contribution >= 4 is 17.8 Å². The zero-order chi connectivity index (χ0) is 15.1. The van der Waals surface area contributed by atoms with Crippen LogP contribution < -0.4 is 21.5 Å². The highest BCUT2D eigenvalue weighted by Gasteiger charge is 2.16. The molecule has 0 spiro atoms. The molecule has 0 bridgehead atoms. The van der Waals surface area contributed by atoms with E-state index in [-0.39, 0.29) is 0 Å². The first-order valence-corrected chi connectivity index (χ1v) is 7.62. The van der Waals surface area contributed by atoms with Crippen molar-refractivity contribution in [2.45, 2.75) is 45.1 Å². The van der Waals surface area contributed by atoms with Gasteiger partial charge in [0.25, 0.3) is 0 Å². The number of nitrogens with two attached hydrogens (primary N) is 1. The van der Waals surface area contributed by atoms with Crippen LogP contribution in [-0.4, -0.2) is 45.8 Å². The minimum atomic E-state index is -0.403. The summed E-state index contributed by atoms with van der Waals surface area (Å²) in [7, 11) is 0. The maximum absolute atomic E-state index is 9.77. The van der Waals surface area contributed by atoms with E-state index in [4.69, 9.17) is 5.84 Å². The van der Waals surface area contributed by atoms with Crippen molar-refractivity contribution in [3.63, 3.8) is 0 Å². The van der Waals surface area contributed by atoms with E-state index in [2.05, 4.69) is 30.6 Å². The molecule has 1 atom stereocenters. The van der Waals surface area contributed by atoms with E-state index in [1.807, 2.05) is 6.92 Å². The van der Waals surface area contributed by atoms with Gasteiger partial charge in [0.15, 0.2) is 0 Å². The van der Waals surface area contributed by atoms with Gasteiger partial charge in [-0.15, -0.1) is 0 Å². The molecule has 21 heavy (non-hydrogen) atoms. The van der Waals surface area contributed by atoms with Crippen LogP contribution in [0.25, 0.3) is 0 Å². The summed E-state index contributed by atoms with van der Waals surface area (Å²) in [6.07, 6.45) is 4.83. The van der Waals surface area contributed by atoms with Gasteiger partial charge in [0.1, 0.15) is 0 Å². The molecule has 1 unspecified atom stereocenters. The normalized spacial score (nSPS) is 16.6. The molecule has 118 valence electrons. The average Bonchev–Trinajstić information content (AvgIpc) is 2.54. The van der Waals surface area contributed by atoms with Crippen LogP contribution in [-0.2, 0) is 0 Å². The van der Waals surface area contributed by atoms with Crippen LogP contribution >= 0.6 is 0 Å². The molecular formula is C13H25N7O. The molecule has 2 heterocycles. The second-order valence-corrected chi connectivity index (χ2v) is 5.30. The summed E-state index contributed by atoms with van der Waals surface area (Å²) in [6.45, 7) is 4.36. The van der Waals surface area contributed by atoms with Gasteiger partial charge in [0.2, 0.25) is 17.8 Å². The van der Waals surface area contributed by atoms with Crippen molar-refractivity contribution in [2.24, 2.45) is 5.84 Å². The summed E-state index contributed by atoms with van der Waals surface area (Å²) < 4.78 is 0. The summed E-state index contributed by atoms with van der Waals surface area (Å²) >= 11 is 0. The molecule has 5 N–H and O–H groups in total. The van der Waals surface area contributed by atoms with Gasteiger partial charge < -0.3 is 15.3 Å². The Morgan fingerprint density at radius 2 is 1.90 bits per heavy atom. The Morgan fingerprint density at radius 3 is 2.57 bits per heavy atom. The van der Waals surface area contributed by atoms with Crippen molar-refractivity contribution in [3.05, 3.63) is 0 Å². The second kappa shape index (κ2) is 7.94. The van der Waals surface area contributed by atoms with Crippen LogP contribution in [0.4, 0.5) is 17.8 Å². The van der Waals surface area contributed by atoms with E-state index in [1.54, 1.807) is 0 Å². The molecule has 0 aromatic carbocycles. The molecule has 1 aromatic heterocycles. The number of nitrogen functional groups attached to an aromatic ring is 1. The summed E-state index contributed by atoms with van der Waals surface area (Å²) in [5.41, 5.74) is 2.47. The topological polar surface area (TPSA) is 112 Å². The summed E-state index contributed by atoms with van der Waals surface area (Å²) in [6, 6.07) is 0. The van der Waals surface area contributed by atoms with Gasteiger partial charge >= 0.3 is 0 Å². The molecule has 1 aromatic rings. The summed E-state index contributed by atoms with van der Waals surface area (Å²) in [4.78, 5) is 15.0. The van der Waals surface area contributed by atoms with Crippen molar-refractivity contribution < 1.29 is 5.11 Å².